The number of benzene rings is 1. The summed E-state index contributed by atoms with van der Waals surface area (Å²) >= 11 is 0. The van der Waals surface area contributed by atoms with E-state index < -0.39 is 34.1 Å². The van der Waals surface area contributed by atoms with E-state index in [-0.39, 0.29) is 23.7 Å². The van der Waals surface area contributed by atoms with Gasteiger partial charge in [0.2, 0.25) is 10.0 Å². The van der Waals surface area contributed by atoms with Crippen molar-refractivity contribution in [2.75, 3.05) is 20.3 Å². The molecule has 1 rings (SSSR count). The van der Waals surface area contributed by atoms with Gasteiger partial charge in [-0.05, 0) is 37.6 Å². The van der Waals surface area contributed by atoms with Gasteiger partial charge in [-0.2, -0.15) is 0 Å². The first kappa shape index (κ1) is 21.0. The van der Waals surface area contributed by atoms with Crippen LogP contribution in [0.2, 0.25) is 0 Å². The molecule has 1 atom stereocenters. The van der Waals surface area contributed by atoms with E-state index in [4.69, 9.17) is 14.6 Å². The number of carbonyl (C=O) groups excluding carboxylic acids is 1. The molecule has 0 amide bonds. The van der Waals surface area contributed by atoms with Gasteiger partial charge in [0.25, 0.3) is 0 Å². The van der Waals surface area contributed by atoms with Crippen molar-refractivity contribution in [1.29, 1.82) is 0 Å². The Labute approximate surface area is 145 Å². The van der Waals surface area contributed by atoms with E-state index in [0.717, 1.165) is 13.0 Å². The first-order valence-corrected chi connectivity index (χ1v) is 8.77. The second-order valence-corrected chi connectivity index (χ2v) is 7.19. The third-order valence-corrected chi connectivity index (χ3v) is 4.55. The summed E-state index contributed by atoms with van der Waals surface area (Å²) in [6.45, 7) is 2.01. The zero-order valence-corrected chi connectivity index (χ0v) is 14.9. The van der Waals surface area contributed by atoms with Crippen molar-refractivity contribution >= 4 is 22.0 Å². The summed E-state index contributed by atoms with van der Waals surface area (Å²) in [5.41, 5.74) is -1.85. The van der Waals surface area contributed by atoms with Gasteiger partial charge in [-0.25, -0.2) is 22.7 Å². The van der Waals surface area contributed by atoms with Gasteiger partial charge < -0.3 is 19.7 Å². The van der Waals surface area contributed by atoms with E-state index in [0.29, 0.717) is 5.56 Å². The largest absolute Gasteiger partial charge is 0.479 e. The molecule has 0 aromatic heterocycles. The summed E-state index contributed by atoms with van der Waals surface area (Å²) < 4.78 is 36.6. The molecule has 0 saturated carbocycles. The Balaban J connectivity index is 3.20. The van der Waals surface area contributed by atoms with Crippen LogP contribution in [0.4, 0.5) is 0 Å². The van der Waals surface area contributed by atoms with Crippen molar-refractivity contribution in [2.45, 2.75) is 31.0 Å². The fourth-order valence-electron chi connectivity index (χ4n) is 1.79. The standard InChI is InChI=1S/C15H21NO8S/c1-4-24-13(17)11-5-10(8-23-3)6-12(7-11)25(21,22)16-9-15(2,20)14(18)19/h5-7,16,20H,4,8-9H2,1-3H3,(H,18,19). The van der Waals surface area contributed by atoms with Crippen molar-refractivity contribution in [3.8, 4) is 0 Å². The summed E-state index contributed by atoms with van der Waals surface area (Å²) in [6, 6.07) is 3.83. The van der Waals surface area contributed by atoms with Gasteiger partial charge in [-0.15, -0.1) is 0 Å². The number of rotatable bonds is 9. The van der Waals surface area contributed by atoms with E-state index >= 15 is 0 Å². The Morgan fingerprint density at radius 1 is 1.28 bits per heavy atom. The lowest BCUT2D eigenvalue weighted by Crippen LogP contribution is -2.46. The molecule has 0 radical (unpaired) electrons. The van der Waals surface area contributed by atoms with Crippen molar-refractivity contribution in [3.05, 3.63) is 29.3 Å². The highest BCUT2D eigenvalue weighted by atomic mass is 32.2. The molecule has 0 aliphatic heterocycles. The molecule has 25 heavy (non-hydrogen) atoms. The van der Waals surface area contributed by atoms with Crippen LogP contribution >= 0.6 is 0 Å². The van der Waals surface area contributed by atoms with Crippen molar-refractivity contribution in [3.63, 3.8) is 0 Å². The molecular weight excluding hydrogens is 354 g/mol. The van der Waals surface area contributed by atoms with Crippen LogP contribution in [-0.4, -0.2) is 56.4 Å². The molecule has 9 nitrogen and oxygen atoms in total. The number of carboxylic acid groups (broad SMARTS) is 1. The number of methoxy groups -OCH3 is 1. The first-order valence-electron chi connectivity index (χ1n) is 7.29. The molecular formula is C15H21NO8S. The highest BCUT2D eigenvalue weighted by Gasteiger charge is 2.32. The Kier molecular flexibility index (Phi) is 7.06. The quantitative estimate of drug-likeness (QED) is 0.517. The number of nitrogens with one attached hydrogen (secondary N) is 1. The summed E-state index contributed by atoms with van der Waals surface area (Å²) in [5.74, 6) is -2.27. The molecule has 0 aliphatic rings. The normalized spacial score (nSPS) is 13.9. The summed E-state index contributed by atoms with van der Waals surface area (Å²) in [4.78, 5) is 22.5. The fraction of sp³-hybridized carbons (Fsp3) is 0.467. The van der Waals surface area contributed by atoms with Gasteiger partial charge in [0.05, 0.1) is 30.2 Å². The fourth-order valence-corrected chi connectivity index (χ4v) is 3.02. The maximum atomic E-state index is 12.4. The number of ether oxygens (including phenoxy) is 2. The summed E-state index contributed by atoms with van der Waals surface area (Å²) in [5, 5.41) is 18.5. The van der Waals surface area contributed by atoms with E-state index in [2.05, 4.69) is 0 Å². The number of sulfonamides is 1. The van der Waals surface area contributed by atoms with E-state index in [1.807, 2.05) is 4.72 Å². The Hall–Kier alpha value is -2.01. The Morgan fingerprint density at radius 2 is 1.92 bits per heavy atom. The predicted molar refractivity (Wildman–Crippen MR) is 86.6 cm³/mol. The number of aliphatic hydroxyl groups is 1. The minimum atomic E-state index is -4.18. The molecule has 0 aliphatic carbocycles. The van der Waals surface area contributed by atoms with Crippen molar-refractivity contribution < 1.29 is 37.7 Å². The van der Waals surface area contributed by atoms with Gasteiger partial charge >= 0.3 is 11.9 Å². The molecule has 0 saturated heterocycles. The lowest BCUT2D eigenvalue weighted by atomic mass is 10.1. The number of aliphatic carboxylic acids is 1. The maximum absolute atomic E-state index is 12.4. The maximum Gasteiger partial charge on any atom is 0.338 e. The molecule has 10 heteroatoms. The second-order valence-electron chi connectivity index (χ2n) is 5.42. The Bertz CT molecular complexity index is 742. The van der Waals surface area contributed by atoms with Crippen LogP contribution in [0.1, 0.15) is 29.8 Å². The number of carboxylic acids is 1. The highest BCUT2D eigenvalue weighted by molar-refractivity contribution is 7.89. The third kappa shape index (κ3) is 5.78. The second kappa shape index (κ2) is 8.39. The molecule has 0 spiro atoms. The Morgan fingerprint density at radius 3 is 2.44 bits per heavy atom. The van der Waals surface area contributed by atoms with Gasteiger partial charge in [0.15, 0.2) is 5.60 Å². The van der Waals surface area contributed by atoms with Crippen molar-refractivity contribution in [2.24, 2.45) is 0 Å². The molecule has 0 fully saturated rings. The molecule has 140 valence electrons. The van der Waals surface area contributed by atoms with Crippen LogP contribution in [0.25, 0.3) is 0 Å². The average Bonchev–Trinajstić information content (AvgIpc) is 2.53. The topological polar surface area (TPSA) is 139 Å². The monoisotopic (exact) mass is 375 g/mol. The van der Waals surface area contributed by atoms with Gasteiger partial charge in [-0.1, -0.05) is 0 Å². The van der Waals surface area contributed by atoms with Gasteiger partial charge in [-0.3, -0.25) is 0 Å². The minimum Gasteiger partial charge on any atom is -0.479 e. The van der Waals surface area contributed by atoms with Crippen molar-refractivity contribution in [1.82, 2.24) is 4.72 Å². The number of carbonyl (C=O) groups is 2. The van der Waals surface area contributed by atoms with E-state index in [1.54, 1.807) is 6.92 Å². The first-order chi connectivity index (χ1) is 11.5. The van der Waals surface area contributed by atoms with Gasteiger partial charge in [0, 0.05) is 7.11 Å². The smallest absolute Gasteiger partial charge is 0.338 e. The van der Waals surface area contributed by atoms with Crippen LogP contribution in [-0.2, 0) is 30.9 Å². The number of esters is 1. The molecule has 1 unspecified atom stereocenters. The van der Waals surface area contributed by atoms with Crippen LogP contribution in [0.5, 0.6) is 0 Å². The van der Waals surface area contributed by atoms with E-state index in [9.17, 15) is 23.1 Å². The summed E-state index contributed by atoms with van der Waals surface area (Å²) in [6.07, 6.45) is 0. The van der Waals surface area contributed by atoms with Crippen LogP contribution in [0.3, 0.4) is 0 Å². The van der Waals surface area contributed by atoms with Crippen LogP contribution in [0, 0.1) is 0 Å². The predicted octanol–water partition coefficient (Wildman–Crippen LogP) is 0.124. The lowest BCUT2D eigenvalue weighted by Gasteiger charge is -2.18. The minimum absolute atomic E-state index is 0.0155. The SMILES string of the molecule is CCOC(=O)c1cc(COC)cc(S(=O)(=O)NCC(C)(O)C(=O)O)c1. The van der Waals surface area contributed by atoms with Crippen LogP contribution < -0.4 is 4.72 Å². The van der Waals surface area contributed by atoms with Gasteiger partial charge in [0.1, 0.15) is 0 Å². The zero-order chi connectivity index (χ0) is 19.3. The molecule has 3 N–H and O–H groups in total. The number of hydrogen-bond acceptors (Lipinski definition) is 7. The van der Waals surface area contributed by atoms with Crippen LogP contribution in [0.15, 0.2) is 23.1 Å². The number of hydrogen-bond donors (Lipinski definition) is 3. The third-order valence-electron chi connectivity index (χ3n) is 3.17. The zero-order valence-electron chi connectivity index (χ0n) is 14.1. The molecule has 0 heterocycles. The average molecular weight is 375 g/mol. The molecule has 0 bridgehead atoms. The molecule has 1 aromatic rings. The summed E-state index contributed by atoms with van der Waals surface area (Å²) in [7, 11) is -2.77. The lowest BCUT2D eigenvalue weighted by molar-refractivity contribution is -0.155. The highest BCUT2D eigenvalue weighted by Crippen LogP contribution is 2.18. The molecule has 1 aromatic carbocycles. The van der Waals surface area contributed by atoms with E-state index in [1.165, 1.54) is 19.2 Å².